The fourth-order valence-electron chi connectivity index (χ4n) is 3.88. The topological polar surface area (TPSA) is 52.6 Å². The molecular weight excluding hydrogens is 352 g/mol. The van der Waals surface area contributed by atoms with Gasteiger partial charge in [-0.15, -0.1) is 0 Å². The molecule has 1 aromatic carbocycles. The van der Waals surface area contributed by atoms with Gasteiger partial charge >= 0.3 is 11.9 Å². The third-order valence-electron chi connectivity index (χ3n) is 5.83. The van der Waals surface area contributed by atoms with Crippen molar-refractivity contribution in [3.63, 3.8) is 0 Å². The van der Waals surface area contributed by atoms with Crippen LogP contribution in [0.2, 0.25) is 0 Å². The highest BCUT2D eigenvalue weighted by atomic mass is 16.5. The Hall–Kier alpha value is -1.84. The van der Waals surface area contributed by atoms with Gasteiger partial charge in [0.15, 0.2) is 0 Å². The van der Waals surface area contributed by atoms with E-state index in [-0.39, 0.29) is 24.1 Å². The Bertz CT molecular complexity index is 551. The maximum Gasteiger partial charge on any atom is 0.338 e. The van der Waals surface area contributed by atoms with Crippen LogP contribution in [0.4, 0.5) is 0 Å². The largest absolute Gasteiger partial charge is 0.459 e. The highest BCUT2D eigenvalue weighted by molar-refractivity contribution is 5.93. The van der Waals surface area contributed by atoms with Crippen LogP contribution in [-0.4, -0.2) is 24.1 Å². The monoisotopic (exact) mass is 388 g/mol. The molecule has 0 aromatic heterocycles. The van der Waals surface area contributed by atoms with Crippen molar-refractivity contribution in [2.75, 3.05) is 0 Å². The Labute approximate surface area is 170 Å². The molecule has 156 valence electrons. The average molecular weight is 389 g/mol. The first kappa shape index (κ1) is 22.4. The van der Waals surface area contributed by atoms with Gasteiger partial charge in [0.05, 0.1) is 11.1 Å². The summed E-state index contributed by atoms with van der Waals surface area (Å²) in [7, 11) is 0. The van der Waals surface area contributed by atoms with Gasteiger partial charge in [-0.05, 0) is 87.5 Å². The number of esters is 2. The molecule has 2 aliphatic carbocycles. The van der Waals surface area contributed by atoms with Crippen molar-refractivity contribution < 1.29 is 19.1 Å². The summed E-state index contributed by atoms with van der Waals surface area (Å²) in [6.07, 6.45) is 8.27. The van der Waals surface area contributed by atoms with Crippen molar-refractivity contribution in [1.29, 1.82) is 0 Å². The summed E-state index contributed by atoms with van der Waals surface area (Å²) in [4.78, 5) is 24.6. The van der Waals surface area contributed by atoms with Crippen molar-refractivity contribution in [3.8, 4) is 0 Å². The van der Waals surface area contributed by atoms with E-state index in [9.17, 15) is 9.59 Å². The van der Waals surface area contributed by atoms with Crippen molar-refractivity contribution >= 4 is 11.9 Å². The minimum absolute atomic E-state index is 0.0250. The van der Waals surface area contributed by atoms with Crippen molar-refractivity contribution in [1.82, 2.24) is 0 Å². The molecule has 0 spiro atoms. The van der Waals surface area contributed by atoms with Crippen molar-refractivity contribution in [3.05, 3.63) is 35.4 Å². The Balaban J connectivity index is 0.00000136. The molecule has 4 heteroatoms. The smallest absolute Gasteiger partial charge is 0.338 e. The summed E-state index contributed by atoms with van der Waals surface area (Å²) >= 11 is 0. The van der Waals surface area contributed by atoms with Gasteiger partial charge in [0.25, 0.3) is 0 Å². The summed E-state index contributed by atoms with van der Waals surface area (Å²) in [6.45, 7) is 8.48. The predicted molar refractivity (Wildman–Crippen MR) is 111 cm³/mol. The maximum absolute atomic E-state index is 12.3. The highest BCUT2D eigenvalue weighted by Gasteiger charge is 2.24. The van der Waals surface area contributed by atoms with Gasteiger partial charge in [-0.2, -0.15) is 0 Å². The molecule has 2 aliphatic rings. The van der Waals surface area contributed by atoms with Gasteiger partial charge in [-0.25, -0.2) is 9.59 Å². The summed E-state index contributed by atoms with van der Waals surface area (Å²) in [5, 5.41) is 0. The molecule has 3 rings (SSSR count). The molecule has 0 unspecified atom stereocenters. The quantitative estimate of drug-likeness (QED) is 0.578. The number of carbonyl (C=O) groups is 2. The molecule has 0 aliphatic heterocycles. The van der Waals surface area contributed by atoms with E-state index >= 15 is 0 Å². The molecule has 0 bridgehead atoms. The molecule has 28 heavy (non-hydrogen) atoms. The second kappa shape index (κ2) is 11.2. The lowest BCUT2D eigenvalue weighted by molar-refractivity contribution is 0.0160. The number of carbonyl (C=O) groups excluding carboxylic acids is 2. The molecule has 2 saturated carbocycles. The third-order valence-corrected chi connectivity index (χ3v) is 5.83. The van der Waals surface area contributed by atoms with Gasteiger partial charge in [-0.1, -0.05) is 27.7 Å². The zero-order valence-corrected chi connectivity index (χ0v) is 17.9. The van der Waals surface area contributed by atoms with Gasteiger partial charge in [0.1, 0.15) is 12.2 Å². The number of ether oxygens (including phenoxy) is 2. The molecular formula is C24H36O4. The van der Waals surface area contributed by atoms with Crippen LogP contribution in [0.5, 0.6) is 0 Å². The molecule has 0 amide bonds. The Morgan fingerprint density at radius 1 is 0.643 bits per heavy atom. The third kappa shape index (κ3) is 6.65. The van der Waals surface area contributed by atoms with E-state index in [1.165, 1.54) is 0 Å². The molecule has 2 fully saturated rings. The van der Waals surface area contributed by atoms with Crippen molar-refractivity contribution in [2.45, 2.75) is 91.3 Å². The first-order chi connectivity index (χ1) is 13.5. The first-order valence-electron chi connectivity index (χ1n) is 11.0. The standard InChI is InChI=1S/C22H30O4.C2H6/c1-15-3-11-19(12-4-15)25-21(23)17-7-9-18(10-8-17)22(24)26-20-13-5-16(2)6-14-20;1-2/h7-10,15-16,19-20H,3-6,11-14H2,1-2H3;1-2H3. The van der Waals surface area contributed by atoms with E-state index in [0.717, 1.165) is 63.2 Å². The van der Waals surface area contributed by atoms with Crippen LogP contribution in [0.1, 0.15) is 99.8 Å². The molecule has 0 N–H and O–H groups in total. The minimum atomic E-state index is -0.300. The number of benzene rings is 1. The van der Waals surface area contributed by atoms with E-state index in [1.54, 1.807) is 24.3 Å². The first-order valence-corrected chi connectivity index (χ1v) is 11.0. The van der Waals surface area contributed by atoms with Crippen LogP contribution >= 0.6 is 0 Å². The van der Waals surface area contributed by atoms with Crippen LogP contribution < -0.4 is 0 Å². The van der Waals surface area contributed by atoms with Crippen LogP contribution in [0.3, 0.4) is 0 Å². The number of hydrogen-bond acceptors (Lipinski definition) is 4. The minimum Gasteiger partial charge on any atom is -0.459 e. The molecule has 4 nitrogen and oxygen atoms in total. The Morgan fingerprint density at radius 3 is 1.21 bits per heavy atom. The summed E-state index contributed by atoms with van der Waals surface area (Å²) in [6, 6.07) is 6.64. The fourth-order valence-corrected chi connectivity index (χ4v) is 3.88. The fraction of sp³-hybridized carbons (Fsp3) is 0.667. The average Bonchev–Trinajstić information content (AvgIpc) is 2.73. The van der Waals surface area contributed by atoms with Gasteiger partial charge < -0.3 is 9.47 Å². The second-order valence-corrected chi connectivity index (χ2v) is 8.15. The van der Waals surface area contributed by atoms with Crippen LogP contribution in [0.15, 0.2) is 24.3 Å². The number of rotatable bonds is 4. The summed E-state index contributed by atoms with van der Waals surface area (Å²) in [5.41, 5.74) is 0.985. The second-order valence-electron chi connectivity index (χ2n) is 8.15. The zero-order chi connectivity index (χ0) is 20.5. The van der Waals surface area contributed by atoms with Gasteiger partial charge in [0, 0.05) is 0 Å². The molecule has 0 atom stereocenters. The lowest BCUT2D eigenvalue weighted by Gasteiger charge is -2.26. The SMILES string of the molecule is CC.CC1CCC(OC(=O)c2ccc(C(=O)OC3CCC(C)CC3)cc2)CC1. The highest BCUT2D eigenvalue weighted by Crippen LogP contribution is 2.27. The van der Waals surface area contributed by atoms with Crippen LogP contribution in [0, 0.1) is 11.8 Å². The van der Waals surface area contributed by atoms with E-state index in [0.29, 0.717) is 11.1 Å². The van der Waals surface area contributed by atoms with Crippen molar-refractivity contribution in [2.24, 2.45) is 11.8 Å². The normalized spacial score (nSPS) is 27.1. The number of hydrogen-bond donors (Lipinski definition) is 0. The lowest BCUT2D eigenvalue weighted by Crippen LogP contribution is -2.24. The molecule has 0 saturated heterocycles. The maximum atomic E-state index is 12.3. The van der Waals surface area contributed by atoms with E-state index in [4.69, 9.17) is 9.47 Å². The summed E-state index contributed by atoms with van der Waals surface area (Å²) < 4.78 is 11.2. The summed E-state index contributed by atoms with van der Waals surface area (Å²) in [5.74, 6) is 0.849. The van der Waals surface area contributed by atoms with Gasteiger partial charge in [0.2, 0.25) is 0 Å². The van der Waals surface area contributed by atoms with E-state index in [2.05, 4.69) is 13.8 Å². The van der Waals surface area contributed by atoms with E-state index in [1.807, 2.05) is 13.8 Å². The Morgan fingerprint density at radius 2 is 0.929 bits per heavy atom. The van der Waals surface area contributed by atoms with E-state index < -0.39 is 0 Å². The molecule has 0 radical (unpaired) electrons. The van der Waals surface area contributed by atoms with Crippen LogP contribution in [0.25, 0.3) is 0 Å². The molecule has 1 aromatic rings. The predicted octanol–water partition coefficient (Wildman–Crippen LogP) is 6.18. The van der Waals surface area contributed by atoms with Gasteiger partial charge in [-0.3, -0.25) is 0 Å². The van der Waals surface area contributed by atoms with Crippen LogP contribution in [-0.2, 0) is 9.47 Å². The Kier molecular flexibility index (Phi) is 9.01. The zero-order valence-electron chi connectivity index (χ0n) is 17.9. The molecule has 0 heterocycles. The lowest BCUT2D eigenvalue weighted by atomic mass is 9.89.